The van der Waals surface area contributed by atoms with E-state index in [-0.39, 0.29) is 10.8 Å². The molecule has 1 saturated carbocycles. The molecular formula is C22H27NO. The third-order valence-electron chi connectivity index (χ3n) is 5.44. The molecule has 2 N–H and O–H groups in total. The average molecular weight is 321 g/mol. The van der Waals surface area contributed by atoms with Crippen molar-refractivity contribution < 1.29 is 4.79 Å². The summed E-state index contributed by atoms with van der Waals surface area (Å²) in [5, 5.41) is 0. The average Bonchev–Trinajstić information content (AvgIpc) is 2.53. The molecular weight excluding hydrogens is 294 g/mol. The van der Waals surface area contributed by atoms with E-state index in [1.165, 1.54) is 17.5 Å². The first-order valence-electron chi connectivity index (χ1n) is 8.76. The Bertz CT molecular complexity index is 715. The number of carbonyl (C=O) groups excluding carboxylic acids is 1. The molecule has 2 aromatic carbocycles. The molecule has 2 atom stereocenters. The fourth-order valence-corrected chi connectivity index (χ4v) is 4.86. The lowest BCUT2D eigenvalue weighted by atomic mass is 9.55. The van der Waals surface area contributed by atoms with E-state index in [9.17, 15) is 4.79 Å². The number of hydrogen-bond acceptors (Lipinski definition) is 2. The molecule has 2 unspecified atom stereocenters. The molecule has 126 valence electrons. The number of rotatable bonds is 3. The van der Waals surface area contributed by atoms with Crippen LogP contribution in [-0.2, 0) is 5.41 Å². The molecule has 0 amide bonds. The summed E-state index contributed by atoms with van der Waals surface area (Å²) in [4.78, 5) is 11.0. The number of aldehydes is 1. The summed E-state index contributed by atoms with van der Waals surface area (Å²) in [7, 11) is 0. The van der Waals surface area contributed by atoms with Crippen LogP contribution in [0.15, 0.2) is 48.5 Å². The van der Waals surface area contributed by atoms with Crippen LogP contribution in [0.5, 0.6) is 0 Å². The summed E-state index contributed by atoms with van der Waals surface area (Å²) in [5.74, 6) is 0.650. The monoisotopic (exact) mass is 321 g/mol. The molecule has 0 bridgehead atoms. The van der Waals surface area contributed by atoms with Crippen molar-refractivity contribution in [3.8, 4) is 0 Å². The Labute approximate surface area is 145 Å². The van der Waals surface area contributed by atoms with Crippen LogP contribution in [0.1, 0.15) is 61.5 Å². The second kappa shape index (κ2) is 6.08. The maximum atomic E-state index is 11.0. The van der Waals surface area contributed by atoms with Gasteiger partial charge in [0, 0.05) is 16.7 Å². The summed E-state index contributed by atoms with van der Waals surface area (Å²) in [6, 6.07) is 16.5. The van der Waals surface area contributed by atoms with E-state index in [1.54, 1.807) is 0 Å². The fourth-order valence-electron chi connectivity index (χ4n) is 4.86. The van der Waals surface area contributed by atoms with Crippen molar-refractivity contribution in [1.82, 2.24) is 0 Å². The lowest BCUT2D eigenvalue weighted by Gasteiger charge is -2.48. The molecule has 1 aliphatic rings. The van der Waals surface area contributed by atoms with Crippen molar-refractivity contribution >= 4 is 12.0 Å². The quantitative estimate of drug-likeness (QED) is 0.622. The van der Waals surface area contributed by atoms with E-state index in [0.717, 1.165) is 30.4 Å². The summed E-state index contributed by atoms with van der Waals surface area (Å²) >= 11 is 0. The van der Waals surface area contributed by atoms with Gasteiger partial charge in [-0.15, -0.1) is 0 Å². The predicted octanol–water partition coefficient (Wildman–Crippen LogP) is 5.21. The molecule has 0 heterocycles. The van der Waals surface area contributed by atoms with Gasteiger partial charge >= 0.3 is 0 Å². The SMILES string of the molecule is CC1CC(C)(C)CC(c2ccc(N)cc2)(c2ccc(C=O)cc2)C1. The number of benzene rings is 2. The van der Waals surface area contributed by atoms with E-state index in [4.69, 9.17) is 5.73 Å². The first-order valence-corrected chi connectivity index (χ1v) is 8.76. The van der Waals surface area contributed by atoms with Crippen molar-refractivity contribution in [2.45, 2.75) is 45.4 Å². The molecule has 2 heteroatoms. The Balaban J connectivity index is 2.15. The van der Waals surface area contributed by atoms with Crippen molar-refractivity contribution in [1.29, 1.82) is 0 Å². The van der Waals surface area contributed by atoms with Crippen LogP contribution in [0, 0.1) is 11.3 Å². The summed E-state index contributed by atoms with van der Waals surface area (Å²) in [6.07, 6.45) is 4.39. The van der Waals surface area contributed by atoms with Gasteiger partial charge in [-0.1, -0.05) is 57.2 Å². The van der Waals surface area contributed by atoms with Gasteiger partial charge in [-0.2, -0.15) is 0 Å². The Morgan fingerprint density at radius 1 is 0.958 bits per heavy atom. The van der Waals surface area contributed by atoms with Crippen LogP contribution in [0.3, 0.4) is 0 Å². The third kappa shape index (κ3) is 3.10. The van der Waals surface area contributed by atoms with Gasteiger partial charge in [-0.3, -0.25) is 4.79 Å². The molecule has 2 aromatic rings. The minimum absolute atomic E-state index is 0.0176. The standard InChI is InChI=1S/C22H27NO/c1-16-12-21(2,3)15-22(13-16,19-8-10-20(23)11-9-19)18-6-4-17(14-24)5-7-18/h4-11,14,16H,12-13,15,23H2,1-3H3. The number of carbonyl (C=O) groups is 1. The molecule has 3 rings (SSSR count). The van der Waals surface area contributed by atoms with Gasteiger partial charge in [0.2, 0.25) is 0 Å². The highest BCUT2D eigenvalue weighted by Crippen LogP contribution is 2.53. The maximum absolute atomic E-state index is 11.0. The summed E-state index contributed by atoms with van der Waals surface area (Å²) in [6.45, 7) is 7.09. The highest BCUT2D eigenvalue weighted by atomic mass is 16.1. The fraction of sp³-hybridized carbons (Fsp3) is 0.409. The normalized spacial score (nSPS) is 26.0. The zero-order valence-electron chi connectivity index (χ0n) is 14.9. The largest absolute Gasteiger partial charge is 0.399 e. The van der Waals surface area contributed by atoms with Crippen LogP contribution in [0.25, 0.3) is 0 Å². The van der Waals surface area contributed by atoms with Crippen LogP contribution in [0.4, 0.5) is 5.69 Å². The smallest absolute Gasteiger partial charge is 0.150 e. The second-order valence-corrected chi connectivity index (χ2v) is 8.30. The van der Waals surface area contributed by atoms with E-state index in [2.05, 4.69) is 45.0 Å². The van der Waals surface area contributed by atoms with Gasteiger partial charge in [-0.25, -0.2) is 0 Å². The van der Waals surface area contributed by atoms with Gasteiger partial charge in [-0.05, 0) is 53.9 Å². The maximum Gasteiger partial charge on any atom is 0.150 e. The van der Waals surface area contributed by atoms with Crippen molar-refractivity contribution in [2.24, 2.45) is 11.3 Å². The Morgan fingerprint density at radius 3 is 2.00 bits per heavy atom. The summed E-state index contributed by atoms with van der Waals surface area (Å²) < 4.78 is 0. The topological polar surface area (TPSA) is 43.1 Å². The molecule has 1 fully saturated rings. The van der Waals surface area contributed by atoms with Gasteiger partial charge in [0.15, 0.2) is 0 Å². The highest BCUT2D eigenvalue weighted by molar-refractivity contribution is 5.74. The molecule has 0 saturated heterocycles. The number of nitrogens with two attached hydrogens (primary N) is 1. The molecule has 24 heavy (non-hydrogen) atoms. The van der Waals surface area contributed by atoms with Crippen LogP contribution in [-0.4, -0.2) is 6.29 Å². The van der Waals surface area contributed by atoms with Gasteiger partial charge in [0.05, 0.1) is 0 Å². The van der Waals surface area contributed by atoms with Crippen molar-refractivity contribution in [3.63, 3.8) is 0 Å². The summed E-state index contributed by atoms with van der Waals surface area (Å²) in [5.41, 5.74) is 10.3. The number of anilines is 1. The first kappa shape index (κ1) is 16.8. The first-order chi connectivity index (χ1) is 11.3. The van der Waals surface area contributed by atoms with Crippen LogP contribution < -0.4 is 5.73 Å². The highest BCUT2D eigenvalue weighted by Gasteiger charge is 2.44. The van der Waals surface area contributed by atoms with E-state index in [1.807, 2.05) is 24.3 Å². The lowest BCUT2D eigenvalue weighted by molar-refractivity contribution is 0.112. The van der Waals surface area contributed by atoms with Crippen molar-refractivity contribution in [2.75, 3.05) is 5.73 Å². The minimum Gasteiger partial charge on any atom is -0.399 e. The number of nitrogen functional groups attached to an aromatic ring is 1. The lowest BCUT2D eigenvalue weighted by Crippen LogP contribution is -2.41. The Hall–Kier alpha value is -2.09. The molecule has 0 spiro atoms. The van der Waals surface area contributed by atoms with Gasteiger partial charge in [0.1, 0.15) is 6.29 Å². The van der Waals surface area contributed by atoms with Gasteiger partial charge < -0.3 is 5.73 Å². The third-order valence-corrected chi connectivity index (χ3v) is 5.44. The van der Waals surface area contributed by atoms with Crippen molar-refractivity contribution in [3.05, 3.63) is 65.2 Å². The Kier molecular flexibility index (Phi) is 4.25. The Morgan fingerprint density at radius 2 is 1.50 bits per heavy atom. The van der Waals surface area contributed by atoms with E-state index >= 15 is 0 Å². The van der Waals surface area contributed by atoms with Gasteiger partial charge in [0.25, 0.3) is 0 Å². The molecule has 1 aliphatic carbocycles. The molecule has 0 aliphatic heterocycles. The molecule has 0 radical (unpaired) electrons. The van der Waals surface area contributed by atoms with Crippen LogP contribution >= 0.6 is 0 Å². The van der Waals surface area contributed by atoms with Crippen LogP contribution in [0.2, 0.25) is 0 Å². The predicted molar refractivity (Wildman–Crippen MR) is 100 cm³/mol. The molecule has 0 aromatic heterocycles. The molecule has 2 nitrogen and oxygen atoms in total. The van der Waals surface area contributed by atoms with E-state index in [0.29, 0.717) is 5.92 Å². The number of hydrogen-bond donors (Lipinski definition) is 1. The van der Waals surface area contributed by atoms with E-state index < -0.39 is 0 Å². The zero-order chi connectivity index (χ0) is 17.4. The minimum atomic E-state index is -0.0176. The zero-order valence-corrected chi connectivity index (χ0v) is 14.9. The second-order valence-electron chi connectivity index (χ2n) is 8.30.